The summed E-state index contributed by atoms with van der Waals surface area (Å²) in [6.07, 6.45) is 6.97. The maximum Gasteiger partial charge on any atom is 0.323 e. The molecule has 7 heteroatoms. The molecular formula is C13H24N6O. The summed E-state index contributed by atoms with van der Waals surface area (Å²) >= 11 is 0. The van der Waals surface area contributed by atoms with Gasteiger partial charge in [0, 0.05) is 13.1 Å². The van der Waals surface area contributed by atoms with Gasteiger partial charge in [-0.1, -0.05) is 26.2 Å². The average molecular weight is 280 g/mol. The minimum Gasteiger partial charge on any atom is -0.463 e. The fraction of sp³-hybridized carbons (Fsp3) is 0.769. The molecule has 0 radical (unpaired) electrons. The zero-order chi connectivity index (χ0) is 14.2. The van der Waals surface area contributed by atoms with E-state index in [0.29, 0.717) is 24.5 Å². The van der Waals surface area contributed by atoms with Crippen LogP contribution in [0, 0.1) is 0 Å². The van der Waals surface area contributed by atoms with E-state index < -0.39 is 0 Å². The summed E-state index contributed by atoms with van der Waals surface area (Å²) in [7, 11) is 0. The molecule has 0 saturated carbocycles. The number of nitrogens with two attached hydrogens (primary N) is 1. The number of nitrogens with one attached hydrogen (secondary N) is 1. The van der Waals surface area contributed by atoms with Crippen LogP contribution in [0.2, 0.25) is 0 Å². The van der Waals surface area contributed by atoms with E-state index in [1.54, 1.807) is 0 Å². The second-order valence-electron chi connectivity index (χ2n) is 4.99. The first-order valence-corrected chi connectivity index (χ1v) is 7.44. The van der Waals surface area contributed by atoms with Gasteiger partial charge in [-0.3, -0.25) is 5.43 Å². The van der Waals surface area contributed by atoms with Gasteiger partial charge in [0.1, 0.15) is 0 Å². The van der Waals surface area contributed by atoms with E-state index in [1.807, 2.05) is 0 Å². The van der Waals surface area contributed by atoms with Crippen molar-refractivity contribution >= 4 is 11.9 Å². The van der Waals surface area contributed by atoms with Crippen molar-refractivity contribution in [2.75, 3.05) is 30.0 Å². The number of ether oxygens (including phenoxy) is 1. The highest BCUT2D eigenvalue weighted by molar-refractivity contribution is 5.38. The van der Waals surface area contributed by atoms with Gasteiger partial charge < -0.3 is 9.64 Å². The van der Waals surface area contributed by atoms with Crippen LogP contribution in [0.15, 0.2) is 0 Å². The van der Waals surface area contributed by atoms with Gasteiger partial charge in [-0.15, -0.1) is 0 Å². The Morgan fingerprint density at radius 2 is 1.95 bits per heavy atom. The fourth-order valence-electron chi connectivity index (χ4n) is 2.23. The van der Waals surface area contributed by atoms with Crippen LogP contribution in [0.4, 0.5) is 11.9 Å². The van der Waals surface area contributed by atoms with Crippen LogP contribution in [0.5, 0.6) is 6.01 Å². The number of hydrazine groups is 1. The summed E-state index contributed by atoms with van der Waals surface area (Å²) in [5, 5.41) is 0. The number of aromatic nitrogens is 3. The van der Waals surface area contributed by atoms with Gasteiger partial charge in [-0.2, -0.15) is 15.0 Å². The van der Waals surface area contributed by atoms with Gasteiger partial charge >= 0.3 is 6.01 Å². The molecule has 1 aliphatic rings. The standard InChI is InChI=1S/C13H24N6O/c1-2-3-4-7-10-20-13-16-11(18-14)15-12(17-13)19-8-5-6-9-19/h2-10,14H2,1H3,(H,15,16,17,18). The second kappa shape index (κ2) is 7.84. The van der Waals surface area contributed by atoms with Crippen LogP contribution in [0.1, 0.15) is 45.4 Å². The Morgan fingerprint density at radius 3 is 2.65 bits per heavy atom. The Hall–Kier alpha value is -1.63. The van der Waals surface area contributed by atoms with Crippen LogP contribution < -0.4 is 20.9 Å². The van der Waals surface area contributed by atoms with Gasteiger partial charge in [0.25, 0.3) is 0 Å². The number of hydrogen-bond donors (Lipinski definition) is 2. The van der Waals surface area contributed by atoms with Crippen molar-refractivity contribution in [1.29, 1.82) is 0 Å². The fourth-order valence-corrected chi connectivity index (χ4v) is 2.23. The predicted molar refractivity (Wildman–Crippen MR) is 78.7 cm³/mol. The maximum atomic E-state index is 5.61. The molecule has 0 spiro atoms. The Morgan fingerprint density at radius 1 is 1.15 bits per heavy atom. The lowest BCUT2D eigenvalue weighted by molar-refractivity contribution is 0.281. The van der Waals surface area contributed by atoms with Crippen molar-refractivity contribution < 1.29 is 4.74 Å². The van der Waals surface area contributed by atoms with E-state index in [4.69, 9.17) is 10.6 Å². The van der Waals surface area contributed by atoms with Crippen molar-refractivity contribution in [2.24, 2.45) is 5.84 Å². The summed E-state index contributed by atoms with van der Waals surface area (Å²) in [4.78, 5) is 14.9. The zero-order valence-corrected chi connectivity index (χ0v) is 12.1. The molecule has 2 rings (SSSR count). The smallest absolute Gasteiger partial charge is 0.323 e. The van der Waals surface area contributed by atoms with E-state index in [9.17, 15) is 0 Å². The molecule has 1 fully saturated rings. The molecule has 1 aromatic heterocycles. The van der Waals surface area contributed by atoms with E-state index in [2.05, 4.69) is 32.2 Å². The molecule has 1 aromatic rings. The molecule has 0 aromatic carbocycles. The molecule has 0 aliphatic carbocycles. The van der Waals surface area contributed by atoms with Crippen molar-refractivity contribution in [1.82, 2.24) is 15.0 Å². The average Bonchev–Trinajstić information content (AvgIpc) is 3.01. The lowest BCUT2D eigenvalue weighted by Gasteiger charge is -2.16. The molecular weight excluding hydrogens is 256 g/mol. The van der Waals surface area contributed by atoms with Crippen molar-refractivity contribution in [3.8, 4) is 6.01 Å². The molecule has 1 saturated heterocycles. The van der Waals surface area contributed by atoms with Crippen molar-refractivity contribution in [3.05, 3.63) is 0 Å². The molecule has 2 heterocycles. The molecule has 20 heavy (non-hydrogen) atoms. The number of nitrogens with zero attached hydrogens (tertiary/aromatic N) is 4. The Bertz CT molecular complexity index is 408. The number of nitrogen functional groups attached to an aromatic ring is 1. The number of anilines is 2. The first-order chi connectivity index (χ1) is 9.83. The highest BCUT2D eigenvalue weighted by Gasteiger charge is 2.17. The molecule has 0 amide bonds. The third-order valence-corrected chi connectivity index (χ3v) is 3.35. The monoisotopic (exact) mass is 280 g/mol. The lowest BCUT2D eigenvalue weighted by atomic mass is 10.2. The van der Waals surface area contributed by atoms with E-state index >= 15 is 0 Å². The van der Waals surface area contributed by atoms with Gasteiger partial charge in [0.15, 0.2) is 0 Å². The highest BCUT2D eigenvalue weighted by atomic mass is 16.5. The number of hydrogen-bond acceptors (Lipinski definition) is 7. The van der Waals surface area contributed by atoms with E-state index in [0.717, 1.165) is 19.5 Å². The quantitative estimate of drug-likeness (QED) is 0.425. The van der Waals surface area contributed by atoms with E-state index in [-0.39, 0.29) is 0 Å². The third-order valence-electron chi connectivity index (χ3n) is 3.35. The summed E-state index contributed by atoms with van der Waals surface area (Å²) in [5.74, 6) is 6.40. The first-order valence-electron chi connectivity index (χ1n) is 7.44. The van der Waals surface area contributed by atoms with E-state index in [1.165, 1.54) is 32.1 Å². The topological polar surface area (TPSA) is 89.2 Å². The first kappa shape index (κ1) is 14.8. The molecule has 3 N–H and O–H groups in total. The zero-order valence-electron chi connectivity index (χ0n) is 12.1. The van der Waals surface area contributed by atoms with Crippen LogP contribution in [0.25, 0.3) is 0 Å². The summed E-state index contributed by atoms with van der Waals surface area (Å²) in [5.41, 5.74) is 2.47. The minimum absolute atomic E-state index is 0.352. The number of rotatable bonds is 8. The van der Waals surface area contributed by atoms with Crippen LogP contribution in [0.3, 0.4) is 0 Å². The third kappa shape index (κ3) is 4.19. The Labute approximate surface area is 119 Å². The largest absolute Gasteiger partial charge is 0.463 e. The van der Waals surface area contributed by atoms with Crippen molar-refractivity contribution in [3.63, 3.8) is 0 Å². The predicted octanol–water partition coefficient (Wildman–Crippen LogP) is 1.72. The minimum atomic E-state index is 0.352. The molecule has 0 atom stereocenters. The van der Waals surface area contributed by atoms with Crippen LogP contribution >= 0.6 is 0 Å². The maximum absolute atomic E-state index is 5.61. The normalized spacial score (nSPS) is 14.6. The van der Waals surface area contributed by atoms with Gasteiger partial charge in [-0.05, 0) is 19.3 Å². The van der Waals surface area contributed by atoms with Crippen LogP contribution in [-0.2, 0) is 0 Å². The van der Waals surface area contributed by atoms with Gasteiger partial charge in [0.05, 0.1) is 6.61 Å². The Kier molecular flexibility index (Phi) is 5.79. The van der Waals surface area contributed by atoms with Gasteiger partial charge in [-0.25, -0.2) is 5.84 Å². The summed E-state index contributed by atoms with van der Waals surface area (Å²) < 4.78 is 5.61. The number of unbranched alkanes of at least 4 members (excludes halogenated alkanes) is 3. The highest BCUT2D eigenvalue weighted by Crippen LogP contribution is 2.19. The summed E-state index contributed by atoms with van der Waals surface area (Å²) in [6.45, 7) is 4.77. The SMILES string of the molecule is CCCCCCOc1nc(NN)nc(N2CCCC2)n1. The molecule has 0 unspecified atom stereocenters. The Balaban J connectivity index is 1.94. The molecule has 1 aliphatic heterocycles. The molecule has 7 nitrogen and oxygen atoms in total. The summed E-state index contributed by atoms with van der Waals surface area (Å²) in [6, 6.07) is 0.353. The lowest BCUT2D eigenvalue weighted by Crippen LogP contribution is -2.23. The van der Waals surface area contributed by atoms with Gasteiger partial charge in [0.2, 0.25) is 11.9 Å². The second-order valence-corrected chi connectivity index (χ2v) is 4.99. The molecule has 0 bridgehead atoms. The van der Waals surface area contributed by atoms with Crippen molar-refractivity contribution in [2.45, 2.75) is 45.4 Å². The molecule has 112 valence electrons. The van der Waals surface area contributed by atoms with Crippen LogP contribution in [-0.4, -0.2) is 34.6 Å².